The summed E-state index contributed by atoms with van der Waals surface area (Å²) in [6.07, 6.45) is 2.22. The Morgan fingerprint density at radius 1 is 1.16 bits per heavy atom. The Kier molecular flexibility index (Phi) is 5.40. The van der Waals surface area contributed by atoms with Crippen LogP contribution < -0.4 is 5.32 Å². The van der Waals surface area contributed by atoms with Crippen molar-refractivity contribution in [3.05, 3.63) is 66.0 Å². The van der Waals surface area contributed by atoms with Crippen molar-refractivity contribution in [1.29, 1.82) is 0 Å². The molecule has 6 heteroatoms. The molecule has 0 aliphatic carbocycles. The average molecular weight is 339 g/mol. The Balaban J connectivity index is 1.70. The first-order valence-electron chi connectivity index (χ1n) is 8.36. The van der Waals surface area contributed by atoms with Crippen LogP contribution in [0.2, 0.25) is 0 Å². The molecule has 0 spiro atoms. The molecule has 1 aromatic carbocycles. The molecule has 0 radical (unpaired) electrons. The van der Waals surface area contributed by atoms with Crippen molar-refractivity contribution in [1.82, 2.24) is 15.2 Å². The van der Waals surface area contributed by atoms with E-state index in [1.807, 2.05) is 6.07 Å². The number of carbonyl (C=O) groups excluding carboxylic acids is 2. The van der Waals surface area contributed by atoms with E-state index in [0.717, 1.165) is 0 Å². The molecule has 2 N–H and O–H groups in total. The number of nitrogens with one attached hydrogen (secondary N) is 1. The van der Waals surface area contributed by atoms with Crippen molar-refractivity contribution < 1.29 is 14.7 Å². The minimum atomic E-state index is -0.292. The van der Waals surface area contributed by atoms with Gasteiger partial charge in [0.1, 0.15) is 5.69 Å². The molecule has 1 aliphatic rings. The number of piperidine rings is 1. The van der Waals surface area contributed by atoms with Gasteiger partial charge < -0.3 is 15.3 Å². The molecule has 0 unspecified atom stereocenters. The van der Waals surface area contributed by atoms with Gasteiger partial charge in [0.2, 0.25) is 0 Å². The van der Waals surface area contributed by atoms with Crippen molar-refractivity contribution in [3.63, 3.8) is 0 Å². The normalized spacial score (nSPS) is 20.1. The molecular weight excluding hydrogens is 318 g/mol. The number of hydrogen-bond donors (Lipinski definition) is 2. The van der Waals surface area contributed by atoms with E-state index in [9.17, 15) is 14.7 Å². The van der Waals surface area contributed by atoms with Gasteiger partial charge >= 0.3 is 0 Å². The number of aliphatic hydroxyl groups is 1. The van der Waals surface area contributed by atoms with Gasteiger partial charge in [-0.25, -0.2) is 0 Å². The largest absolute Gasteiger partial charge is 0.396 e. The van der Waals surface area contributed by atoms with E-state index >= 15 is 0 Å². The molecule has 0 saturated carbocycles. The summed E-state index contributed by atoms with van der Waals surface area (Å²) >= 11 is 0. The van der Waals surface area contributed by atoms with Gasteiger partial charge in [-0.3, -0.25) is 14.6 Å². The van der Waals surface area contributed by atoms with Gasteiger partial charge in [0.15, 0.2) is 0 Å². The second-order valence-corrected chi connectivity index (χ2v) is 6.14. The Labute approximate surface area is 146 Å². The number of rotatable bonds is 4. The minimum absolute atomic E-state index is 0.0225. The highest BCUT2D eigenvalue weighted by Crippen LogP contribution is 2.19. The van der Waals surface area contributed by atoms with Crippen LogP contribution in [0.1, 0.15) is 27.3 Å². The monoisotopic (exact) mass is 339 g/mol. The molecule has 2 heterocycles. The van der Waals surface area contributed by atoms with Crippen molar-refractivity contribution in [3.8, 4) is 0 Å². The quantitative estimate of drug-likeness (QED) is 0.880. The Bertz CT molecular complexity index is 721. The van der Waals surface area contributed by atoms with Gasteiger partial charge in [0, 0.05) is 37.4 Å². The number of benzene rings is 1. The summed E-state index contributed by atoms with van der Waals surface area (Å²) in [7, 11) is 0. The van der Waals surface area contributed by atoms with Gasteiger partial charge in [-0.2, -0.15) is 0 Å². The van der Waals surface area contributed by atoms with Gasteiger partial charge in [0.25, 0.3) is 11.8 Å². The highest BCUT2D eigenvalue weighted by molar-refractivity contribution is 5.95. The van der Waals surface area contributed by atoms with Crippen LogP contribution >= 0.6 is 0 Å². The number of likely N-dealkylation sites (tertiary alicyclic amines) is 1. The number of amides is 2. The molecule has 2 amide bonds. The smallest absolute Gasteiger partial charge is 0.272 e. The lowest BCUT2D eigenvalue weighted by atomic mass is 9.91. The lowest BCUT2D eigenvalue weighted by Crippen LogP contribution is -2.55. The maximum atomic E-state index is 12.6. The molecule has 1 aliphatic heterocycles. The zero-order valence-electron chi connectivity index (χ0n) is 13.8. The highest BCUT2D eigenvalue weighted by Gasteiger charge is 2.32. The van der Waals surface area contributed by atoms with Crippen molar-refractivity contribution in [2.75, 3.05) is 19.7 Å². The topological polar surface area (TPSA) is 82.5 Å². The van der Waals surface area contributed by atoms with Crippen LogP contribution in [-0.4, -0.2) is 52.5 Å². The zero-order valence-corrected chi connectivity index (χ0v) is 13.8. The standard InChI is InChI=1S/C19H21N3O3/c23-13-15-9-11-22(19(25)16-8-4-5-10-20-16)12-17(15)21-18(24)14-6-2-1-3-7-14/h1-8,10,15,17,23H,9,11-13H2,(H,21,24)/t15-,17-/m1/s1. The highest BCUT2D eigenvalue weighted by atomic mass is 16.3. The summed E-state index contributed by atoms with van der Waals surface area (Å²) in [5.41, 5.74) is 0.949. The number of aliphatic hydroxyl groups excluding tert-OH is 1. The number of carbonyl (C=O) groups is 2. The molecule has 25 heavy (non-hydrogen) atoms. The fraction of sp³-hybridized carbons (Fsp3) is 0.316. The number of aromatic nitrogens is 1. The van der Waals surface area contributed by atoms with E-state index in [2.05, 4.69) is 10.3 Å². The molecular formula is C19H21N3O3. The van der Waals surface area contributed by atoms with Gasteiger partial charge in [-0.05, 0) is 30.7 Å². The van der Waals surface area contributed by atoms with Crippen LogP contribution in [-0.2, 0) is 0 Å². The maximum Gasteiger partial charge on any atom is 0.272 e. The van der Waals surface area contributed by atoms with Gasteiger partial charge in [0.05, 0.1) is 6.04 Å². The van der Waals surface area contributed by atoms with Gasteiger partial charge in [-0.15, -0.1) is 0 Å². The minimum Gasteiger partial charge on any atom is -0.396 e. The summed E-state index contributed by atoms with van der Waals surface area (Å²) in [6, 6.07) is 13.9. The van der Waals surface area contributed by atoms with Gasteiger partial charge in [-0.1, -0.05) is 24.3 Å². The lowest BCUT2D eigenvalue weighted by Gasteiger charge is -2.38. The fourth-order valence-corrected chi connectivity index (χ4v) is 3.06. The second kappa shape index (κ2) is 7.90. The summed E-state index contributed by atoms with van der Waals surface area (Å²) < 4.78 is 0. The predicted molar refractivity (Wildman–Crippen MR) is 93.0 cm³/mol. The first kappa shape index (κ1) is 17.1. The second-order valence-electron chi connectivity index (χ2n) is 6.14. The van der Waals surface area contributed by atoms with Crippen molar-refractivity contribution in [2.24, 2.45) is 5.92 Å². The molecule has 1 saturated heterocycles. The molecule has 6 nitrogen and oxygen atoms in total. The SMILES string of the molecule is O=C(N[C@@H]1CN(C(=O)c2ccccn2)CC[C@@H]1CO)c1ccccc1. The average Bonchev–Trinajstić information content (AvgIpc) is 2.68. The molecule has 1 fully saturated rings. The molecule has 1 aromatic heterocycles. The summed E-state index contributed by atoms with van der Waals surface area (Å²) in [4.78, 5) is 30.8. The molecule has 2 aromatic rings. The molecule has 0 bridgehead atoms. The van der Waals surface area contributed by atoms with E-state index in [-0.39, 0.29) is 30.4 Å². The Hall–Kier alpha value is -2.73. The van der Waals surface area contributed by atoms with Crippen LogP contribution in [0, 0.1) is 5.92 Å². The van der Waals surface area contributed by atoms with E-state index in [1.54, 1.807) is 53.6 Å². The molecule has 3 rings (SSSR count). The first-order chi connectivity index (χ1) is 12.2. The molecule has 130 valence electrons. The van der Waals surface area contributed by atoms with Crippen LogP contribution in [0.3, 0.4) is 0 Å². The summed E-state index contributed by atoms with van der Waals surface area (Å²) in [6.45, 7) is 0.878. The number of nitrogens with zero attached hydrogens (tertiary/aromatic N) is 2. The van der Waals surface area contributed by atoms with E-state index in [0.29, 0.717) is 30.8 Å². The van der Waals surface area contributed by atoms with Crippen LogP contribution in [0.5, 0.6) is 0 Å². The predicted octanol–water partition coefficient (Wildman–Crippen LogP) is 1.33. The maximum absolute atomic E-state index is 12.6. The zero-order chi connectivity index (χ0) is 17.6. The number of pyridine rings is 1. The van der Waals surface area contributed by atoms with E-state index in [4.69, 9.17) is 0 Å². The Morgan fingerprint density at radius 2 is 1.92 bits per heavy atom. The Morgan fingerprint density at radius 3 is 2.60 bits per heavy atom. The number of hydrogen-bond acceptors (Lipinski definition) is 4. The van der Waals surface area contributed by atoms with Crippen molar-refractivity contribution in [2.45, 2.75) is 12.5 Å². The fourth-order valence-electron chi connectivity index (χ4n) is 3.06. The van der Waals surface area contributed by atoms with Crippen LogP contribution in [0.25, 0.3) is 0 Å². The summed E-state index contributed by atoms with van der Waals surface area (Å²) in [5, 5.41) is 12.6. The van der Waals surface area contributed by atoms with E-state index < -0.39 is 0 Å². The summed E-state index contributed by atoms with van der Waals surface area (Å²) in [5.74, 6) is -0.424. The molecule has 2 atom stereocenters. The van der Waals surface area contributed by atoms with Crippen molar-refractivity contribution >= 4 is 11.8 Å². The van der Waals surface area contributed by atoms with Crippen LogP contribution in [0.4, 0.5) is 0 Å². The third-order valence-electron chi connectivity index (χ3n) is 4.51. The van der Waals surface area contributed by atoms with E-state index in [1.165, 1.54) is 0 Å². The van der Waals surface area contributed by atoms with Crippen LogP contribution in [0.15, 0.2) is 54.7 Å². The first-order valence-corrected chi connectivity index (χ1v) is 8.36. The third-order valence-corrected chi connectivity index (χ3v) is 4.51. The third kappa shape index (κ3) is 4.03. The lowest BCUT2D eigenvalue weighted by molar-refractivity contribution is 0.0537.